The summed E-state index contributed by atoms with van der Waals surface area (Å²) in [6.45, 7) is 2.43. The second kappa shape index (κ2) is 8.02. The molecule has 2 atom stereocenters. The molecule has 4 aliphatic rings. The highest BCUT2D eigenvalue weighted by atomic mass is 16.5. The standard InChI is InChI=1S/C27H31NO2/c1-19(29)30-26-10-8-25(9-11-26)24-6-4-20(5-7-24)17-28-18-27-14-21-2-3-22(15-27)13-23(12-21)16-27/h4-11,17,21-23H,2-3,12-16,18H2,1H3/t21-,22-,23?,27?/m0/s1. The van der Waals surface area contributed by atoms with Gasteiger partial charge in [0, 0.05) is 19.7 Å². The maximum atomic E-state index is 11.1. The third kappa shape index (κ3) is 4.21. The Labute approximate surface area is 179 Å². The van der Waals surface area contributed by atoms with Crippen molar-refractivity contribution in [2.24, 2.45) is 28.2 Å². The van der Waals surface area contributed by atoms with Crippen LogP contribution < -0.4 is 4.74 Å². The lowest BCUT2D eigenvalue weighted by molar-refractivity contribution is -0.131. The zero-order chi connectivity index (χ0) is 20.6. The molecular formula is C27H31NO2. The molecule has 0 saturated heterocycles. The topological polar surface area (TPSA) is 38.7 Å². The summed E-state index contributed by atoms with van der Waals surface area (Å²) >= 11 is 0. The second-order valence-electron chi connectivity index (χ2n) is 9.97. The molecule has 2 aromatic carbocycles. The van der Waals surface area contributed by atoms with Gasteiger partial charge in [-0.15, -0.1) is 0 Å². The Morgan fingerprint density at radius 2 is 1.50 bits per heavy atom. The number of fused-ring (bicyclic) bond motifs is 1. The number of ether oxygens (including phenoxy) is 1. The van der Waals surface area contributed by atoms with E-state index in [9.17, 15) is 4.79 Å². The second-order valence-corrected chi connectivity index (χ2v) is 9.97. The van der Waals surface area contributed by atoms with Gasteiger partial charge in [-0.1, -0.05) is 49.2 Å². The first kappa shape index (κ1) is 19.5. The molecule has 0 unspecified atom stereocenters. The SMILES string of the molecule is CC(=O)Oc1ccc(-c2ccc(C=NCC34CC5C[C@H](CC[C@@H](C5)C3)C4)cc2)cc1. The van der Waals surface area contributed by atoms with Crippen molar-refractivity contribution >= 4 is 12.2 Å². The molecule has 0 heterocycles. The number of hydrogen-bond donors (Lipinski definition) is 0. The highest BCUT2D eigenvalue weighted by Gasteiger charge is 2.48. The van der Waals surface area contributed by atoms with Crippen LogP contribution in [0.15, 0.2) is 53.5 Å². The van der Waals surface area contributed by atoms with Gasteiger partial charge in [0.2, 0.25) is 0 Å². The predicted molar refractivity (Wildman–Crippen MR) is 121 cm³/mol. The third-order valence-corrected chi connectivity index (χ3v) is 7.51. The van der Waals surface area contributed by atoms with Gasteiger partial charge in [-0.2, -0.15) is 0 Å². The average Bonchev–Trinajstić information content (AvgIpc) is 2.94. The number of carbonyl (C=O) groups excluding carboxylic acids is 1. The molecule has 2 aromatic rings. The summed E-state index contributed by atoms with van der Waals surface area (Å²) in [6.07, 6.45) is 12.2. The van der Waals surface area contributed by atoms with E-state index in [1.54, 1.807) is 0 Å². The number of benzene rings is 2. The summed E-state index contributed by atoms with van der Waals surface area (Å²) in [5, 5.41) is 0. The predicted octanol–water partition coefficient (Wildman–Crippen LogP) is 6.30. The lowest BCUT2D eigenvalue weighted by Gasteiger charge is -2.47. The van der Waals surface area contributed by atoms with Crippen molar-refractivity contribution in [3.8, 4) is 16.9 Å². The highest BCUT2D eigenvalue weighted by molar-refractivity contribution is 5.81. The Hall–Kier alpha value is -2.42. The van der Waals surface area contributed by atoms with Gasteiger partial charge >= 0.3 is 5.97 Å². The van der Waals surface area contributed by atoms with E-state index in [0.29, 0.717) is 11.2 Å². The number of esters is 1. The molecule has 0 amide bonds. The number of rotatable bonds is 5. The highest BCUT2D eigenvalue weighted by Crippen LogP contribution is 2.57. The summed E-state index contributed by atoms with van der Waals surface area (Å²) < 4.78 is 5.11. The van der Waals surface area contributed by atoms with E-state index in [-0.39, 0.29) is 5.97 Å². The summed E-state index contributed by atoms with van der Waals surface area (Å²) in [7, 11) is 0. The van der Waals surface area contributed by atoms with E-state index < -0.39 is 0 Å². The molecule has 4 fully saturated rings. The number of nitrogens with zero attached hydrogens (tertiary/aromatic N) is 1. The van der Waals surface area contributed by atoms with Crippen LogP contribution >= 0.6 is 0 Å². The van der Waals surface area contributed by atoms with Crippen LogP contribution in [0, 0.1) is 23.2 Å². The van der Waals surface area contributed by atoms with Gasteiger partial charge in [0.15, 0.2) is 0 Å². The Morgan fingerprint density at radius 1 is 0.933 bits per heavy atom. The fourth-order valence-electron chi connectivity index (χ4n) is 6.55. The van der Waals surface area contributed by atoms with Crippen LogP contribution in [0.4, 0.5) is 0 Å². The summed E-state index contributed by atoms with van der Waals surface area (Å²) in [5.41, 5.74) is 3.92. The first-order valence-electron chi connectivity index (χ1n) is 11.5. The van der Waals surface area contributed by atoms with Gasteiger partial charge in [-0.05, 0) is 84.1 Å². The fourth-order valence-corrected chi connectivity index (χ4v) is 6.55. The zero-order valence-corrected chi connectivity index (χ0v) is 17.8. The van der Waals surface area contributed by atoms with E-state index >= 15 is 0 Å². The number of aliphatic imine (C=N–C) groups is 1. The smallest absolute Gasteiger partial charge is 0.308 e. The van der Waals surface area contributed by atoms with E-state index in [2.05, 4.69) is 30.5 Å². The lowest BCUT2D eigenvalue weighted by atomic mass is 9.58. The van der Waals surface area contributed by atoms with Gasteiger partial charge in [0.25, 0.3) is 0 Å². The summed E-state index contributed by atoms with van der Waals surface area (Å²) in [5.74, 6) is 3.20. The maximum absolute atomic E-state index is 11.1. The quantitative estimate of drug-likeness (QED) is 0.335. The Morgan fingerprint density at radius 3 is 2.10 bits per heavy atom. The Bertz CT molecular complexity index is 912. The molecule has 4 aliphatic carbocycles. The van der Waals surface area contributed by atoms with Crippen molar-refractivity contribution in [3.63, 3.8) is 0 Å². The zero-order valence-electron chi connectivity index (χ0n) is 17.8. The van der Waals surface area contributed by atoms with Crippen molar-refractivity contribution in [1.29, 1.82) is 0 Å². The number of carbonyl (C=O) groups is 1. The van der Waals surface area contributed by atoms with Gasteiger partial charge < -0.3 is 4.74 Å². The molecule has 0 radical (unpaired) electrons. The van der Waals surface area contributed by atoms with E-state index in [1.165, 1.54) is 51.9 Å². The molecular weight excluding hydrogens is 370 g/mol. The van der Waals surface area contributed by atoms with Gasteiger partial charge in [0.1, 0.15) is 5.75 Å². The Balaban J connectivity index is 1.23. The summed E-state index contributed by atoms with van der Waals surface area (Å²) in [6, 6.07) is 16.2. The molecule has 3 heteroatoms. The normalized spacial score (nSPS) is 29.8. The molecule has 3 nitrogen and oxygen atoms in total. The van der Waals surface area contributed by atoms with Crippen LogP contribution in [0.1, 0.15) is 57.4 Å². The number of hydrogen-bond acceptors (Lipinski definition) is 3. The summed E-state index contributed by atoms with van der Waals surface area (Å²) in [4.78, 5) is 16.0. The van der Waals surface area contributed by atoms with Crippen LogP contribution in [0.5, 0.6) is 5.75 Å². The molecule has 0 spiro atoms. The van der Waals surface area contributed by atoms with E-state index in [4.69, 9.17) is 9.73 Å². The minimum absolute atomic E-state index is 0.296. The van der Waals surface area contributed by atoms with Gasteiger partial charge in [0.05, 0.1) is 0 Å². The van der Waals surface area contributed by atoms with Crippen molar-refractivity contribution < 1.29 is 9.53 Å². The van der Waals surface area contributed by atoms with Gasteiger partial charge in [-0.3, -0.25) is 9.79 Å². The first-order valence-corrected chi connectivity index (χ1v) is 11.5. The van der Waals surface area contributed by atoms with Crippen molar-refractivity contribution in [2.75, 3.05) is 6.54 Å². The molecule has 156 valence electrons. The molecule has 0 aliphatic heterocycles. The van der Waals surface area contributed by atoms with Gasteiger partial charge in [-0.25, -0.2) is 0 Å². The minimum Gasteiger partial charge on any atom is -0.427 e. The third-order valence-electron chi connectivity index (χ3n) is 7.51. The maximum Gasteiger partial charge on any atom is 0.308 e. The minimum atomic E-state index is -0.296. The van der Waals surface area contributed by atoms with Crippen LogP contribution in [-0.2, 0) is 4.79 Å². The largest absolute Gasteiger partial charge is 0.427 e. The molecule has 6 rings (SSSR count). The average molecular weight is 402 g/mol. The van der Waals surface area contributed by atoms with E-state index in [0.717, 1.165) is 41.0 Å². The fraction of sp³-hybridized carbons (Fsp3) is 0.481. The van der Waals surface area contributed by atoms with Crippen LogP contribution in [-0.4, -0.2) is 18.7 Å². The molecule has 30 heavy (non-hydrogen) atoms. The first-order chi connectivity index (χ1) is 14.6. The van der Waals surface area contributed by atoms with Crippen molar-refractivity contribution in [1.82, 2.24) is 0 Å². The Kier molecular flexibility index (Phi) is 5.22. The van der Waals surface area contributed by atoms with Crippen LogP contribution in [0.3, 0.4) is 0 Å². The van der Waals surface area contributed by atoms with Crippen LogP contribution in [0.25, 0.3) is 11.1 Å². The molecule has 0 N–H and O–H groups in total. The molecule has 0 aromatic heterocycles. The lowest BCUT2D eigenvalue weighted by Crippen LogP contribution is -2.39. The molecule has 4 bridgehead atoms. The van der Waals surface area contributed by atoms with Crippen LogP contribution in [0.2, 0.25) is 0 Å². The monoisotopic (exact) mass is 401 g/mol. The van der Waals surface area contributed by atoms with Crippen molar-refractivity contribution in [3.05, 3.63) is 54.1 Å². The molecule has 4 saturated carbocycles. The van der Waals surface area contributed by atoms with E-state index in [1.807, 2.05) is 24.3 Å². The van der Waals surface area contributed by atoms with Crippen molar-refractivity contribution in [2.45, 2.75) is 51.9 Å².